The second-order valence-corrected chi connectivity index (χ2v) is 7.63. The standard InChI is InChI=1S/C25H29NO7/c1-15-13-16(7-10-19(15)32-4)23(27)21-22(18-9-8-17(31-3)14-20(18)33-5)26(11-6-12-30-2)25(29)24(21)28/h7-10,13-14,22,27H,6,11-12H2,1-5H3/t22-/m1/s1. The smallest absolute Gasteiger partial charge is 0.295 e. The Kier molecular flexibility index (Phi) is 7.60. The van der Waals surface area contributed by atoms with E-state index in [1.165, 1.54) is 19.1 Å². The van der Waals surface area contributed by atoms with E-state index in [4.69, 9.17) is 18.9 Å². The molecule has 176 valence electrons. The summed E-state index contributed by atoms with van der Waals surface area (Å²) in [6.45, 7) is 2.53. The summed E-state index contributed by atoms with van der Waals surface area (Å²) in [5.41, 5.74) is 1.78. The quantitative estimate of drug-likeness (QED) is 0.268. The summed E-state index contributed by atoms with van der Waals surface area (Å²) >= 11 is 0. The molecule has 1 saturated heterocycles. The SMILES string of the molecule is COCCCN1C(=O)C(=O)C(=C(O)c2ccc(OC)c(C)c2)[C@H]1c1ccc(OC)cc1OC. The number of ketones is 1. The number of methoxy groups -OCH3 is 4. The first-order chi connectivity index (χ1) is 15.9. The fraction of sp³-hybridized carbons (Fsp3) is 0.360. The highest BCUT2D eigenvalue weighted by Crippen LogP contribution is 2.44. The molecular weight excluding hydrogens is 426 g/mol. The first-order valence-electron chi connectivity index (χ1n) is 10.5. The molecule has 0 spiro atoms. The third-order valence-electron chi connectivity index (χ3n) is 5.69. The van der Waals surface area contributed by atoms with Crippen LogP contribution in [-0.2, 0) is 14.3 Å². The summed E-state index contributed by atoms with van der Waals surface area (Å²) in [5, 5.41) is 11.2. The zero-order valence-corrected chi connectivity index (χ0v) is 19.5. The third-order valence-corrected chi connectivity index (χ3v) is 5.69. The van der Waals surface area contributed by atoms with Crippen LogP contribution in [0.5, 0.6) is 17.2 Å². The molecule has 1 amide bonds. The Balaban J connectivity index is 2.20. The average Bonchev–Trinajstić information content (AvgIpc) is 3.08. The lowest BCUT2D eigenvalue weighted by atomic mass is 9.94. The van der Waals surface area contributed by atoms with Gasteiger partial charge in [-0.25, -0.2) is 0 Å². The Labute approximate surface area is 193 Å². The van der Waals surface area contributed by atoms with Crippen LogP contribution in [0.2, 0.25) is 0 Å². The molecular formula is C25H29NO7. The normalized spacial score (nSPS) is 17.4. The lowest BCUT2D eigenvalue weighted by molar-refractivity contribution is -0.140. The molecule has 1 N–H and O–H groups in total. The molecule has 0 aromatic heterocycles. The van der Waals surface area contributed by atoms with Gasteiger partial charge in [-0.15, -0.1) is 0 Å². The molecule has 1 aliphatic rings. The number of ether oxygens (including phenoxy) is 4. The molecule has 2 aromatic carbocycles. The predicted molar refractivity (Wildman–Crippen MR) is 123 cm³/mol. The van der Waals surface area contributed by atoms with Crippen LogP contribution in [0, 0.1) is 6.92 Å². The van der Waals surface area contributed by atoms with Crippen molar-refractivity contribution in [3.8, 4) is 17.2 Å². The van der Waals surface area contributed by atoms with Crippen molar-refractivity contribution < 1.29 is 33.6 Å². The van der Waals surface area contributed by atoms with Crippen molar-refractivity contribution in [1.29, 1.82) is 0 Å². The van der Waals surface area contributed by atoms with Crippen LogP contribution in [0.3, 0.4) is 0 Å². The molecule has 0 unspecified atom stereocenters. The van der Waals surface area contributed by atoms with Gasteiger partial charge in [0.05, 0.1) is 32.9 Å². The lowest BCUT2D eigenvalue weighted by Crippen LogP contribution is -2.31. The Morgan fingerprint density at radius 3 is 2.30 bits per heavy atom. The van der Waals surface area contributed by atoms with E-state index in [1.54, 1.807) is 50.6 Å². The maximum atomic E-state index is 13.1. The molecule has 3 rings (SSSR count). The highest BCUT2D eigenvalue weighted by atomic mass is 16.5. The number of aliphatic hydroxyl groups excluding tert-OH is 1. The van der Waals surface area contributed by atoms with Crippen molar-refractivity contribution in [3.05, 3.63) is 58.7 Å². The van der Waals surface area contributed by atoms with E-state index in [0.717, 1.165) is 5.56 Å². The molecule has 0 radical (unpaired) electrons. The molecule has 33 heavy (non-hydrogen) atoms. The van der Waals surface area contributed by atoms with Gasteiger partial charge in [-0.1, -0.05) is 0 Å². The van der Waals surface area contributed by atoms with Crippen LogP contribution in [0.1, 0.15) is 29.2 Å². The number of aryl methyl sites for hydroxylation is 1. The van der Waals surface area contributed by atoms with E-state index in [9.17, 15) is 14.7 Å². The number of likely N-dealkylation sites (tertiary alicyclic amines) is 1. The molecule has 2 aromatic rings. The van der Waals surface area contributed by atoms with Gasteiger partial charge >= 0.3 is 0 Å². The second kappa shape index (κ2) is 10.4. The lowest BCUT2D eigenvalue weighted by Gasteiger charge is -2.26. The number of benzene rings is 2. The molecule has 1 atom stereocenters. The number of carbonyl (C=O) groups is 2. The van der Waals surface area contributed by atoms with Crippen LogP contribution >= 0.6 is 0 Å². The van der Waals surface area contributed by atoms with E-state index in [-0.39, 0.29) is 17.9 Å². The Morgan fingerprint density at radius 1 is 0.970 bits per heavy atom. The minimum atomic E-state index is -0.829. The van der Waals surface area contributed by atoms with Crippen molar-refractivity contribution in [2.24, 2.45) is 0 Å². The van der Waals surface area contributed by atoms with E-state index in [1.807, 2.05) is 6.92 Å². The molecule has 1 fully saturated rings. The zero-order chi connectivity index (χ0) is 24.1. The fourth-order valence-corrected chi connectivity index (χ4v) is 4.04. The third kappa shape index (κ3) is 4.66. The summed E-state index contributed by atoms with van der Waals surface area (Å²) in [4.78, 5) is 27.6. The van der Waals surface area contributed by atoms with Crippen LogP contribution in [0.4, 0.5) is 0 Å². The first kappa shape index (κ1) is 24.1. The van der Waals surface area contributed by atoms with Crippen molar-refractivity contribution in [2.75, 3.05) is 41.6 Å². The number of amides is 1. The number of rotatable bonds is 9. The second-order valence-electron chi connectivity index (χ2n) is 7.63. The monoisotopic (exact) mass is 455 g/mol. The van der Waals surface area contributed by atoms with Gasteiger partial charge in [0.15, 0.2) is 0 Å². The van der Waals surface area contributed by atoms with Gasteiger partial charge in [0.25, 0.3) is 11.7 Å². The van der Waals surface area contributed by atoms with Gasteiger partial charge in [-0.05, 0) is 49.2 Å². The predicted octanol–water partition coefficient (Wildman–Crippen LogP) is 3.48. The Bertz CT molecular complexity index is 1080. The largest absolute Gasteiger partial charge is 0.507 e. The van der Waals surface area contributed by atoms with Gasteiger partial charge in [0.2, 0.25) is 0 Å². The van der Waals surface area contributed by atoms with Crippen LogP contribution < -0.4 is 14.2 Å². The molecule has 8 heteroatoms. The van der Waals surface area contributed by atoms with E-state index >= 15 is 0 Å². The molecule has 0 saturated carbocycles. The van der Waals surface area contributed by atoms with Gasteiger partial charge in [0.1, 0.15) is 23.0 Å². The fourth-order valence-electron chi connectivity index (χ4n) is 4.04. The maximum Gasteiger partial charge on any atom is 0.295 e. The minimum Gasteiger partial charge on any atom is -0.507 e. The number of nitrogens with zero attached hydrogens (tertiary/aromatic N) is 1. The summed E-state index contributed by atoms with van der Waals surface area (Å²) < 4.78 is 21.2. The van der Waals surface area contributed by atoms with Crippen molar-refractivity contribution >= 4 is 17.4 Å². The molecule has 1 aliphatic heterocycles. The highest BCUT2D eigenvalue weighted by Gasteiger charge is 2.46. The van der Waals surface area contributed by atoms with E-state index < -0.39 is 17.7 Å². The van der Waals surface area contributed by atoms with E-state index in [2.05, 4.69) is 0 Å². The number of aliphatic hydroxyl groups is 1. The van der Waals surface area contributed by atoms with Crippen LogP contribution in [0.15, 0.2) is 42.0 Å². The van der Waals surface area contributed by atoms with Gasteiger partial charge in [-0.3, -0.25) is 9.59 Å². The van der Waals surface area contributed by atoms with Crippen LogP contribution in [0.25, 0.3) is 5.76 Å². The van der Waals surface area contributed by atoms with Gasteiger partial charge in [0, 0.05) is 37.5 Å². The van der Waals surface area contributed by atoms with Crippen molar-refractivity contribution in [3.63, 3.8) is 0 Å². The van der Waals surface area contributed by atoms with E-state index in [0.29, 0.717) is 41.4 Å². The summed E-state index contributed by atoms with van der Waals surface area (Å²) in [7, 11) is 6.17. The summed E-state index contributed by atoms with van der Waals surface area (Å²) in [5.74, 6) is -0.0225. The van der Waals surface area contributed by atoms with Crippen LogP contribution in [-0.4, -0.2) is 63.3 Å². The molecule has 0 bridgehead atoms. The van der Waals surface area contributed by atoms with Gasteiger partial charge < -0.3 is 29.0 Å². The average molecular weight is 456 g/mol. The number of carbonyl (C=O) groups excluding carboxylic acids is 2. The van der Waals surface area contributed by atoms with Crippen molar-refractivity contribution in [2.45, 2.75) is 19.4 Å². The zero-order valence-electron chi connectivity index (χ0n) is 19.5. The molecule has 0 aliphatic carbocycles. The molecule has 1 heterocycles. The highest BCUT2D eigenvalue weighted by molar-refractivity contribution is 6.46. The maximum absolute atomic E-state index is 13.1. The number of hydrogen-bond acceptors (Lipinski definition) is 7. The first-order valence-corrected chi connectivity index (χ1v) is 10.5. The summed E-state index contributed by atoms with van der Waals surface area (Å²) in [6, 6.07) is 9.40. The topological polar surface area (TPSA) is 94.5 Å². The Hall–Kier alpha value is -3.52. The Morgan fingerprint density at radius 2 is 1.70 bits per heavy atom. The minimum absolute atomic E-state index is 0.00505. The summed E-state index contributed by atoms with van der Waals surface area (Å²) in [6.07, 6.45) is 0.528. The number of Topliss-reactive ketones (excluding diaryl/α,β-unsaturated/α-hetero) is 1. The molecule has 8 nitrogen and oxygen atoms in total. The van der Waals surface area contributed by atoms with Gasteiger partial charge in [-0.2, -0.15) is 0 Å². The van der Waals surface area contributed by atoms with Crippen molar-refractivity contribution in [1.82, 2.24) is 4.90 Å². The number of hydrogen-bond donors (Lipinski definition) is 1.